The monoisotopic (exact) mass is 416 g/mol. The third kappa shape index (κ3) is 6.77. The Morgan fingerprint density at radius 2 is 1.87 bits per heavy atom. The summed E-state index contributed by atoms with van der Waals surface area (Å²) in [5.74, 6) is -0.254. The number of esters is 1. The number of nitrogens with zero attached hydrogens (tertiary/aromatic N) is 1. The minimum atomic E-state index is -1.05. The Kier molecular flexibility index (Phi) is 8.16. The Morgan fingerprint density at radius 1 is 1.17 bits per heavy atom. The number of hydrogen-bond acceptors (Lipinski definition) is 7. The predicted molar refractivity (Wildman–Crippen MR) is 110 cm³/mol. The predicted octanol–water partition coefficient (Wildman–Crippen LogP) is 3.64. The molecule has 160 valence electrons. The van der Waals surface area contributed by atoms with E-state index in [2.05, 4.69) is 5.32 Å². The minimum absolute atomic E-state index is 0.102. The maximum atomic E-state index is 12.3. The summed E-state index contributed by atoms with van der Waals surface area (Å²) in [7, 11) is 1.33. The fraction of sp³-hybridized carbons (Fsp3) is 0.333. The van der Waals surface area contributed by atoms with Crippen molar-refractivity contribution in [1.29, 1.82) is 0 Å². The van der Waals surface area contributed by atoms with Gasteiger partial charge in [0.15, 0.2) is 6.10 Å². The summed E-state index contributed by atoms with van der Waals surface area (Å²) in [6.07, 6.45) is -0.503. The highest BCUT2D eigenvalue weighted by Crippen LogP contribution is 2.29. The number of nitro groups is 1. The molecule has 0 aromatic heterocycles. The van der Waals surface area contributed by atoms with Crippen LogP contribution in [-0.2, 0) is 14.3 Å². The molecule has 0 fully saturated rings. The van der Waals surface area contributed by atoms with Gasteiger partial charge in [-0.05, 0) is 38.5 Å². The average molecular weight is 416 g/mol. The van der Waals surface area contributed by atoms with Crippen molar-refractivity contribution >= 4 is 23.3 Å². The van der Waals surface area contributed by atoms with E-state index in [9.17, 15) is 19.7 Å². The molecule has 0 saturated carbocycles. The van der Waals surface area contributed by atoms with E-state index in [1.54, 1.807) is 0 Å². The van der Waals surface area contributed by atoms with E-state index in [0.717, 1.165) is 11.3 Å². The van der Waals surface area contributed by atoms with Gasteiger partial charge in [0.1, 0.15) is 11.5 Å². The smallest absolute Gasteiger partial charge is 0.306 e. The first kappa shape index (κ1) is 22.7. The van der Waals surface area contributed by atoms with Crippen molar-refractivity contribution in [3.8, 4) is 11.5 Å². The third-order valence-corrected chi connectivity index (χ3v) is 4.15. The molecular weight excluding hydrogens is 392 g/mol. The largest absolute Gasteiger partial charge is 0.494 e. The second-order valence-corrected chi connectivity index (χ2v) is 6.53. The molecule has 2 rings (SSSR count). The molecule has 0 aliphatic rings. The Hall–Kier alpha value is -3.62. The highest BCUT2D eigenvalue weighted by atomic mass is 16.6. The van der Waals surface area contributed by atoms with Crippen LogP contribution in [0.15, 0.2) is 42.5 Å². The molecule has 0 bridgehead atoms. The molecule has 1 N–H and O–H groups in total. The fourth-order valence-corrected chi connectivity index (χ4v) is 2.48. The summed E-state index contributed by atoms with van der Waals surface area (Å²) in [5, 5.41) is 13.4. The summed E-state index contributed by atoms with van der Waals surface area (Å²) in [6.45, 7) is 3.77. The molecule has 0 aliphatic carbocycles. The minimum Gasteiger partial charge on any atom is -0.494 e. The second-order valence-electron chi connectivity index (χ2n) is 6.53. The summed E-state index contributed by atoms with van der Waals surface area (Å²) >= 11 is 0. The standard InChI is InChI=1S/C21H24N2O7/c1-14-6-9-17(10-7-14)29-12-4-5-20(24)30-15(2)21(25)22-18-11-8-16(23(26)27)13-19(18)28-3/h6-11,13,15H,4-5,12H2,1-3H3,(H,22,25)/t15-/m1/s1. The Labute approximate surface area is 174 Å². The van der Waals surface area contributed by atoms with Crippen molar-refractivity contribution in [1.82, 2.24) is 0 Å². The summed E-state index contributed by atoms with van der Waals surface area (Å²) < 4.78 is 15.7. The number of amides is 1. The molecule has 0 aliphatic heterocycles. The lowest BCUT2D eigenvalue weighted by molar-refractivity contribution is -0.384. The van der Waals surface area contributed by atoms with Crippen molar-refractivity contribution in [2.75, 3.05) is 19.0 Å². The molecule has 1 amide bonds. The number of carbonyl (C=O) groups is 2. The maximum absolute atomic E-state index is 12.3. The lowest BCUT2D eigenvalue weighted by Gasteiger charge is -2.15. The normalized spacial score (nSPS) is 11.3. The number of non-ortho nitro benzene ring substituents is 1. The van der Waals surface area contributed by atoms with Gasteiger partial charge in [0.2, 0.25) is 0 Å². The van der Waals surface area contributed by atoms with Gasteiger partial charge in [-0.15, -0.1) is 0 Å². The molecular formula is C21H24N2O7. The van der Waals surface area contributed by atoms with Gasteiger partial charge in [-0.3, -0.25) is 19.7 Å². The summed E-state index contributed by atoms with van der Waals surface area (Å²) in [4.78, 5) is 34.5. The number of anilines is 1. The van der Waals surface area contributed by atoms with Crippen molar-refractivity contribution in [3.05, 3.63) is 58.1 Å². The van der Waals surface area contributed by atoms with Crippen LogP contribution in [0.3, 0.4) is 0 Å². The average Bonchev–Trinajstić information content (AvgIpc) is 2.72. The van der Waals surface area contributed by atoms with Gasteiger partial charge in [0.05, 0.1) is 30.4 Å². The lowest BCUT2D eigenvalue weighted by Crippen LogP contribution is -2.30. The van der Waals surface area contributed by atoms with E-state index in [1.807, 2.05) is 31.2 Å². The zero-order chi connectivity index (χ0) is 22.1. The number of benzene rings is 2. The number of nitro benzene ring substituents is 1. The number of rotatable bonds is 10. The number of methoxy groups -OCH3 is 1. The van der Waals surface area contributed by atoms with Gasteiger partial charge < -0.3 is 19.5 Å². The van der Waals surface area contributed by atoms with Gasteiger partial charge in [-0.1, -0.05) is 17.7 Å². The highest BCUT2D eigenvalue weighted by molar-refractivity contribution is 5.96. The first-order valence-electron chi connectivity index (χ1n) is 9.32. The Morgan fingerprint density at radius 3 is 2.50 bits per heavy atom. The van der Waals surface area contributed by atoms with Crippen molar-refractivity contribution in [3.63, 3.8) is 0 Å². The van der Waals surface area contributed by atoms with Gasteiger partial charge >= 0.3 is 5.97 Å². The first-order chi connectivity index (χ1) is 14.3. The highest BCUT2D eigenvalue weighted by Gasteiger charge is 2.20. The van der Waals surface area contributed by atoms with Crippen LogP contribution in [0.2, 0.25) is 0 Å². The van der Waals surface area contributed by atoms with Crippen LogP contribution < -0.4 is 14.8 Å². The zero-order valence-electron chi connectivity index (χ0n) is 17.0. The SMILES string of the molecule is COc1cc([N+](=O)[O-])ccc1NC(=O)[C@@H](C)OC(=O)CCCOc1ccc(C)cc1. The van der Waals surface area contributed by atoms with Crippen molar-refractivity contribution < 1.29 is 28.7 Å². The third-order valence-electron chi connectivity index (χ3n) is 4.15. The summed E-state index contributed by atoms with van der Waals surface area (Å²) in [5.41, 5.74) is 1.20. The van der Waals surface area contributed by atoms with Crippen LogP contribution in [-0.4, -0.2) is 36.6 Å². The van der Waals surface area contributed by atoms with Gasteiger partial charge in [-0.25, -0.2) is 0 Å². The summed E-state index contributed by atoms with van der Waals surface area (Å²) in [6, 6.07) is 11.4. The molecule has 0 heterocycles. The van der Waals surface area contributed by atoms with Gasteiger partial charge in [-0.2, -0.15) is 0 Å². The van der Waals surface area contributed by atoms with Gasteiger partial charge in [0, 0.05) is 12.5 Å². The van der Waals surface area contributed by atoms with Crippen molar-refractivity contribution in [2.24, 2.45) is 0 Å². The number of ether oxygens (including phenoxy) is 3. The molecule has 2 aromatic rings. The molecule has 30 heavy (non-hydrogen) atoms. The number of aryl methyl sites for hydroxylation is 1. The first-order valence-corrected chi connectivity index (χ1v) is 9.32. The molecule has 2 aromatic carbocycles. The lowest BCUT2D eigenvalue weighted by atomic mass is 10.2. The van der Waals surface area contributed by atoms with E-state index in [-0.39, 0.29) is 23.5 Å². The van der Waals surface area contributed by atoms with Crippen LogP contribution in [0.5, 0.6) is 11.5 Å². The number of hydrogen-bond donors (Lipinski definition) is 1. The number of nitrogens with one attached hydrogen (secondary N) is 1. The zero-order valence-corrected chi connectivity index (χ0v) is 17.0. The fourth-order valence-electron chi connectivity index (χ4n) is 2.48. The van der Waals surface area contributed by atoms with E-state index in [4.69, 9.17) is 14.2 Å². The van der Waals surface area contributed by atoms with Crippen LogP contribution >= 0.6 is 0 Å². The molecule has 0 spiro atoms. The molecule has 1 atom stereocenters. The number of carbonyl (C=O) groups excluding carboxylic acids is 2. The van der Waals surface area contributed by atoms with E-state index >= 15 is 0 Å². The molecule has 0 radical (unpaired) electrons. The Balaban J connectivity index is 1.78. The molecule has 9 heteroatoms. The molecule has 0 unspecified atom stereocenters. The van der Waals surface area contributed by atoms with E-state index < -0.39 is 22.9 Å². The van der Waals surface area contributed by atoms with Crippen LogP contribution in [0.4, 0.5) is 11.4 Å². The quantitative estimate of drug-likeness (QED) is 0.272. The van der Waals surface area contributed by atoms with Gasteiger partial charge in [0.25, 0.3) is 11.6 Å². The van der Waals surface area contributed by atoms with Crippen LogP contribution in [0.25, 0.3) is 0 Å². The Bertz CT molecular complexity index is 897. The molecule has 0 saturated heterocycles. The van der Waals surface area contributed by atoms with E-state index in [0.29, 0.717) is 13.0 Å². The van der Waals surface area contributed by atoms with Crippen LogP contribution in [0, 0.1) is 17.0 Å². The maximum Gasteiger partial charge on any atom is 0.306 e. The molecule has 9 nitrogen and oxygen atoms in total. The van der Waals surface area contributed by atoms with Crippen molar-refractivity contribution in [2.45, 2.75) is 32.8 Å². The van der Waals surface area contributed by atoms with Crippen LogP contribution in [0.1, 0.15) is 25.3 Å². The topological polar surface area (TPSA) is 117 Å². The van der Waals surface area contributed by atoms with E-state index in [1.165, 1.54) is 32.2 Å². The second kappa shape index (κ2) is 10.8.